The van der Waals surface area contributed by atoms with Gasteiger partial charge in [-0.25, -0.2) is 4.39 Å². The Bertz CT molecular complexity index is 47.5. The van der Waals surface area contributed by atoms with Gasteiger partial charge in [0, 0.05) is 0 Å². The third-order valence-corrected chi connectivity index (χ3v) is 1.60. The van der Waals surface area contributed by atoms with Gasteiger partial charge in [0.25, 0.3) is 0 Å². The molecule has 1 aliphatic carbocycles. The van der Waals surface area contributed by atoms with E-state index in [1.807, 2.05) is 0 Å². The van der Waals surface area contributed by atoms with Gasteiger partial charge in [-0.05, 0) is 12.8 Å². The second-order valence-corrected chi connectivity index (χ2v) is 2.17. The summed E-state index contributed by atoms with van der Waals surface area (Å²) in [5.41, 5.74) is 0. The van der Waals surface area contributed by atoms with Crippen molar-refractivity contribution in [1.29, 1.82) is 0 Å². The molecule has 0 spiro atoms. The van der Waals surface area contributed by atoms with Gasteiger partial charge in [-0.1, -0.05) is 0 Å². The van der Waals surface area contributed by atoms with E-state index in [1.54, 1.807) is 0 Å². The zero-order valence-electron chi connectivity index (χ0n) is 3.32. The molecular weight excluding hydrogens is 102 g/mol. The van der Waals surface area contributed by atoms with E-state index in [2.05, 4.69) is 0 Å². The lowest BCUT2D eigenvalue weighted by Gasteiger charge is -2.23. The van der Waals surface area contributed by atoms with Gasteiger partial charge in [-0.15, -0.1) is 11.6 Å². The molecule has 0 bridgehead atoms. The maximum Gasteiger partial charge on any atom is 0.116 e. The van der Waals surface area contributed by atoms with Crippen LogP contribution in [0.5, 0.6) is 0 Å². The lowest BCUT2D eigenvalue weighted by atomic mass is 9.97. The van der Waals surface area contributed by atoms with Gasteiger partial charge in [-0.3, -0.25) is 0 Å². The summed E-state index contributed by atoms with van der Waals surface area (Å²) >= 11 is 5.32. The predicted octanol–water partition coefficient (Wildman–Crippen LogP) is 1.73. The van der Waals surface area contributed by atoms with Crippen molar-refractivity contribution in [3.63, 3.8) is 0 Å². The minimum absolute atomic E-state index is 0.162. The Balaban J connectivity index is 2.20. The van der Waals surface area contributed by atoms with Gasteiger partial charge in [0.1, 0.15) is 6.17 Å². The van der Waals surface area contributed by atoms with Crippen LogP contribution >= 0.6 is 11.6 Å². The first-order chi connectivity index (χ1) is 2.80. The van der Waals surface area contributed by atoms with Crippen molar-refractivity contribution < 1.29 is 4.39 Å². The topological polar surface area (TPSA) is 0 Å². The third kappa shape index (κ3) is 0.515. The highest BCUT2D eigenvalue weighted by Gasteiger charge is 2.27. The van der Waals surface area contributed by atoms with E-state index in [4.69, 9.17) is 11.6 Å². The minimum atomic E-state index is -0.702. The maximum atomic E-state index is 11.8. The van der Waals surface area contributed by atoms with E-state index in [0.717, 1.165) is 6.42 Å². The zero-order valence-corrected chi connectivity index (χ0v) is 4.08. The van der Waals surface area contributed by atoms with Gasteiger partial charge in [0.05, 0.1) is 5.38 Å². The van der Waals surface area contributed by atoms with Gasteiger partial charge >= 0.3 is 0 Å². The Morgan fingerprint density at radius 3 is 2.00 bits per heavy atom. The first kappa shape index (κ1) is 4.38. The van der Waals surface area contributed by atoms with E-state index >= 15 is 0 Å². The monoisotopic (exact) mass is 108 g/mol. The normalized spacial score (nSPS) is 45.0. The van der Waals surface area contributed by atoms with Crippen molar-refractivity contribution in [2.24, 2.45) is 0 Å². The van der Waals surface area contributed by atoms with Crippen LogP contribution in [0.4, 0.5) is 4.39 Å². The SMILES string of the molecule is F[C@H]1CCC1Cl. The first-order valence-corrected chi connectivity index (χ1v) is 2.52. The van der Waals surface area contributed by atoms with Crippen LogP contribution in [0.3, 0.4) is 0 Å². The van der Waals surface area contributed by atoms with Crippen LogP contribution in [0.15, 0.2) is 0 Å². The van der Waals surface area contributed by atoms with Crippen molar-refractivity contribution in [3.05, 3.63) is 0 Å². The largest absolute Gasteiger partial charge is 0.246 e. The fourth-order valence-corrected chi connectivity index (χ4v) is 0.671. The number of alkyl halides is 2. The Kier molecular flexibility index (Phi) is 1.00. The maximum absolute atomic E-state index is 11.8. The molecule has 0 aromatic rings. The Labute approximate surface area is 41.3 Å². The molecule has 0 aromatic heterocycles. The van der Waals surface area contributed by atoms with Crippen molar-refractivity contribution in [2.45, 2.75) is 24.4 Å². The molecule has 36 valence electrons. The molecule has 6 heavy (non-hydrogen) atoms. The summed E-state index contributed by atoms with van der Waals surface area (Å²) in [4.78, 5) is 0. The summed E-state index contributed by atoms with van der Waals surface area (Å²) in [5, 5.41) is -0.162. The highest BCUT2D eigenvalue weighted by atomic mass is 35.5. The predicted molar refractivity (Wildman–Crippen MR) is 23.8 cm³/mol. The molecular formula is C4H6ClF. The fourth-order valence-electron chi connectivity index (χ4n) is 0.419. The zero-order chi connectivity index (χ0) is 4.57. The van der Waals surface area contributed by atoms with Crippen molar-refractivity contribution in [3.8, 4) is 0 Å². The van der Waals surface area contributed by atoms with Crippen LogP contribution in [-0.4, -0.2) is 11.5 Å². The first-order valence-electron chi connectivity index (χ1n) is 2.09. The summed E-state index contributed by atoms with van der Waals surface area (Å²) in [6, 6.07) is 0. The van der Waals surface area contributed by atoms with Gasteiger partial charge < -0.3 is 0 Å². The van der Waals surface area contributed by atoms with Crippen molar-refractivity contribution in [1.82, 2.24) is 0 Å². The quantitative estimate of drug-likeness (QED) is 0.415. The molecule has 0 saturated heterocycles. The Morgan fingerprint density at radius 2 is 2.00 bits per heavy atom. The van der Waals surface area contributed by atoms with Gasteiger partial charge in [0.15, 0.2) is 0 Å². The second-order valence-electron chi connectivity index (χ2n) is 1.61. The molecule has 1 saturated carbocycles. The average Bonchev–Trinajstić information content (AvgIpc) is 1.61. The molecule has 1 rings (SSSR count). The second kappa shape index (κ2) is 1.38. The molecule has 0 nitrogen and oxygen atoms in total. The summed E-state index contributed by atoms with van der Waals surface area (Å²) < 4.78 is 11.8. The highest BCUT2D eigenvalue weighted by Crippen LogP contribution is 2.27. The van der Waals surface area contributed by atoms with Crippen molar-refractivity contribution in [2.75, 3.05) is 0 Å². The van der Waals surface area contributed by atoms with E-state index in [-0.39, 0.29) is 5.38 Å². The summed E-state index contributed by atoms with van der Waals surface area (Å²) in [7, 11) is 0. The highest BCUT2D eigenvalue weighted by molar-refractivity contribution is 6.21. The van der Waals surface area contributed by atoms with E-state index in [1.165, 1.54) is 0 Å². The van der Waals surface area contributed by atoms with Crippen LogP contribution in [0.1, 0.15) is 12.8 Å². The van der Waals surface area contributed by atoms with Crippen LogP contribution in [-0.2, 0) is 0 Å². The molecule has 2 atom stereocenters. The standard InChI is InChI=1S/C4H6ClF/c5-3-1-2-4(3)6/h3-4H,1-2H2/t3?,4-/m0/s1. The molecule has 0 radical (unpaired) electrons. The molecule has 0 amide bonds. The molecule has 0 heterocycles. The summed E-state index contributed by atoms with van der Waals surface area (Å²) in [5.74, 6) is 0. The van der Waals surface area contributed by atoms with E-state index in [9.17, 15) is 4.39 Å². The molecule has 0 aromatic carbocycles. The molecule has 1 fully saturated rings. The third-order valence-electron chi connectivity index (χ3n) is 1.11. The minimum Gasteiger partial charge on any atom is -0.246 e. The molecule has 0 N–H and O–H groups in total. The molecule has 1 unspecified atom stereocenters. The average molecular weight is 109 g/mol. The summed E-state index contributed by atoms with van der Waals surface area (Å²) in [6.07, 6.45) is 0.836. The van der Waals surface area contributed by atoms with Crippen molar-refractivity contribution >= 4 is 11.6 Å². The Morgan fingerprint density at radius 1 is 1.50 bits per heavy atom. The van der Waals surface area contributed by atoms with Gasteiger partial charge in [-0.2, -0.15) is 0 Å². The van der Waals surface area contributed by atoms with Gasteiger partial charge in [0.2, 0.25) is 0 Å². The number of hydrogen-bond acceptors (Lipinski definition) is 0. The summed E-state index contributed by atoms with van der Waals surface area (Å²) in [6.45, 7) is 0. The van der Waals surface area contributed by atoms with Crippen LogP contribution < -0.4 is 0 Å². The lowest BCUT2D eigenvalue weighted by Crippen LogP contribution is -2.27. The molecule has 1 aliphatic rings. The molecule has 0 aliphatic heterocycles. The van der Waals surface area contributed by atoms with Crippen LogP contribution in [0.25, 0.3) is 0 Å². The van der Waals surface area contributed by atoms with E-state index in [0.29, 0.717) is 6.42 Å². The fraction of sp³-hybridized carbons (Fsp3) is 1.00. The van der Waals surface area contributed by atoms with Crippen LogP contribution in [0, 0.1) is 0 Å². The molecule has 2 heteroatoms. The van der Waals surface area contributed by atoms with Crippen LogP contribution in [0.2, 0.25) is 0 Å². The van der Waals surface area contributed by atoms with E-state index < -0.39 is 6.17 Å². The Hall–Kier alpha value is 0.220. The smallest absolute Gasteiger partial charge is 0.116 e. The number of halogens is 2. The number of rotatable bonds is 0. The lowest BCUT2D eigenvalue weighted by molar-refractivity contribution is 0.218. The number of hydrogen-bond donors (Lipinski definition) is 0.